The van der Waals surface area contributed by atoms with Crippen LogP contribution in [0, 0.1) is 0 Å². The zero-order valence-corrected chi connectivity index (χ0v) is 13.3. The van der Waals surface area contributed by atoms with Gasteiger partial charge in [0.05, 0.1) is 16.8 Å². The van der Waals surface area contributed by atoms with Gasteiger partial charge in [-0.3, -0.25) is 9.59 Å². The van der Waals surface area contributed by atoms with Gasteiger partial charge in [0.25, 0.3) is 0 Å². The molecular formula is C14H19Cl2N3O2. The van der Waals surface area contributed by atoms with Gasteiger partial charge in [0, 0.05) is 12.6 Å². The van der Waals surface area contributed by atoms with Crippen molar-refractivity contribution < 1.29 is 9.59 Å². The van der Waals surface area contributed by atoms with Gasteiger partial charge in [0.2, 0.25) is 11.8 Å². The molecule has 0 aromatic heterocycles. The van der Waals surface area contributed by atoms with Crippen molar-refractivity contribution in [3.8, 4) is 0 Å². The minimum absolute atomic E-state index is 0. The van der Waals surface area contributed by atoms with E-state index in [1.54, 1.807) is 18.2 Å². The van der Waals surface area contributed by atoms with Crippen LogP contribution in [0.25, 0.3) is 0 Å². The first-order chi connectivity index (χ1) is 9.56. The lowest BCUT2D eigenvalue weighted by Crippen LogP contribution is -2.43. The minimum atomic E-state index is -0.185. The van der Waals surface area contributed by atoms with Crippen molar-refractivity contribution in [1.82, 2.24) is 5.32 Å². The van der Waals surface area contributed by atoms with Crippen LogP contribution in [-0.4, -0.2) is 24.4 Å². The highest BCUT2D eigenvalue weighted by molar-refractivity contribution is 6.34. The summed E-state index contributed by atoms with van der Waals surface area (Å²) in [7, 11) is 0. The summed E-state index contributed by atoms with van der Waals surface area (Å²) in [4.78, 5) is 23.0. The molecule has 116 valence electrons. The average Bonchev–Trinajstić information content (AvgIpc) is 2.42. The lowest BCUT2D eigenvalue weighted by molar-refractivity contribution is -0.118. The van der Waals surface area contributed by atoms with Gasteiger partial charge in [-0.05, 0) is 37.6 Å². The maximum Gasteiger partial charge on any atom is 0.241 e. The smallest absolute Gasteiger partial charge is 0.241 e. The number of rotatable bonds is 3. The first-order valence-corrected chi connectivity index (χ1v) is 7.05. The Bertz CT molecular complexity index is 517. The fourth-order valence-electron chi connectivity index (χ4n) is 2.19. The Morgan fingerprint density at radius 3 is 2.62 bits per heavy atom. The molecule has 1 aliphatic heterocycles. The van der Waals surface area contributed by atoms with E-state index in [2.05, 4.69) is 16.0 Å². The highest BCUT2D eigenvalue weighted by Crippen LogP contribution is 2.25. The predicted molar refractivity (Wildman–Crippen MR) is 87.3 cm³/mol. The third-order valence-corrected chi connectivity index (χ3v) is 3.49. The van der Waals surface area contributed by atoms with Gasteiger partial charge in [0.1, 0.15) is 0 Å². The predicted octanol–water partition coefficient (Wildman–Crippen LogP) is 2.80. The van der Waals surface area contributed by atoms with Crippen LogP contribution in [0.1, 0.15) is 26.2 Å². The van der Waals surface area contributed by atoms with E-state index in [0.717, 1.165) is 25.8 Å². The van der Waals surface area contributed by atoms with Crippen LogP contribution in [0.3, 0.4) is 0 Å². The number of nitrogens with one attached hydrogen (secondary N) is 3. The van der Waals surface area contributed by atoms with Gasteiger partial charge in [-0.15, -0.1) is 12.4 Å². The summed E-state index contributed by atoms with van der Waals surface area (Å²) < 4.78 is 0. The van der Waals surface area contributed by atoms with Gasteiger partial charge in [0.15, 0.2) is 0 Å². The van der Waals surface area contributed by atoms with E-state index in [1.807, 2.05) is 0 Å². The second kappa shape index (κ2) is 8.22. The second-order valence-electron chi connectivity index (χ2n) is 4.87. The Morgan fingerprint density at radius 1 is 1.29 bits per heavy atom. The highest BCUT2D eigenvalue weighted by Gasteiger charge is 2.20. The fraction of sp³-hybridized carbons (Fsp3) is 0.429. The summed E-state index contributed by atoms with van der Waals surface area (Å²) in [5.41, 5.74) is 1.16. The van der Waals surface area contributed by atoms with Crippen LogP contribution in [0.2, 0.25) is 5.02 Å². The van der Waals surface area contributed by atoms with E-state index >= 15 is 0 Å². The summed E-state index contributed by atoms with van der Waals surface area (Å²) >= 11 is 6.06. The van der Waals surface area contributed by atoms with Crippen molar-refractivity contribution in [2.24, 2.45) is 0 Å². The van der Waals surface area contributed by atoms with E-state index < -0.39 is 0 Å². The topological polar surface area (TPSA) is 70.2 Å². The number of hydrogen-bond acceptors (Lipinski definition) is 3. The number of carbonyl (C=O) groups excluding carboxylic acids is 2. The molecule has 1 saturated heterocycles. The number of piperidine rings is 1. The van der Waals surface area contributed by atoms with Gasteiger partial charge >= 0.3 is 0 Å². The molecule has 1 aromatic carbocycles. The zero-order chi connectivity index (χ0) is 14.5. The molecule has 3 N–H and O–H groups in total. The van der Waals surface area contributed by atoms with Crippen molar-refractivity contribution in [2.45, 2.75) is 32.2 Å². The average molecular weight is 332 g/mol. The molecule has 0 unspecified atom stereocenters. The lowest BCUT2D eigenvalue weighted by atomic mass is 10.0. The minimum Gasteiger partial charge on any atom is -0.325 e. The quantitative estimate of drug-likeness (QED) is 0.797. The van der Waals surface area contributed by atoms with Crippen LogP contribution in [-0.2, 0) is 9.59 Å². The van der Waals surface area contributed by atoms with Crippen molar-refractivity contribution in [2.75, 3.05) is 17.2 Å². The molecule has 2 rings (SSSR count). The van der Waals surface area contributed by atoms with E-state index in [4.69, 9.17) is 11.6 Å². The Hall–Kier alpha value is -1.30. The van der Waals surface area contributed by atoms with Crippen LogP contribution >= 0.6 is 24.0 Å². The summed E-state index contributed by atoms with van der Waals surface area (Å²) in [6.07, 6.45) is 3.03. The summed E-state index contributed by atoms with van der Waals surface area (Å²) in [6.45, 7) is 2.29. The Labute approximate surface area is 135 Å². The number of halogens is 2. The first kappa shape index (κ1) is 17.8. The number of anilines is 2. The van der Waals surface area contributed by atoms with Crippen LogP contribution in [0.15, 0.2) is 18.2 Å². The van der Waals surface area contributed by atoms with E-state index in [0.29, 0.717) is 16.4 Å². The second-order valence-corrected chi connectivity index (χ2v) is 5.27. The van der Waals surface area contributed by atoms with Crippen LogP contribution < -0.4 is 16.0 Å². The molecule has 7 heteroatoms. The largest absolute Gasteiger partial charge is 0.325 e. The van der Waals surface area contributed by atoms with Crippen molar-refractivity contribution >= 4 is 47.2 Å². The van der Waals surface area contributed by atoms with E-state index in [1.165, 1.54) is 6.92 Å². The zero-order valence-electron chi connectivity index (χ0n) is 11.7. The molecule has 0 spiro atoms. The van der Waals surface area contributed by atoms with Crippen molar-refractivity contribution in [3.63, 3.8) is 0 Å². The monoisotopic (exact) mass is 331 g/mol. The van der Waals surface area contributed by atoms with Crippen molar-refractivity contribution in [1.29, 1.82) is 0 Å². The van der Waals surface area contributed by atoms with Gasteiger partial charge in [-0.2, -0.15) is 0 Å². The SMILES string of the molecule is CC(=O)Nc1ccc(NC(=O)[C@H]2CCCCN2)cc1Cl.Cl. The number of amides is 2. The third kappa shape index (κ3) is 5.19. The highest BCUT2D eigenvalue weighted by atomic mass is 35.5. The Kier molecular flexibility index (Phi) is 6.95. The normalized spacial score (nSPS) is 17.5. The molecule has 2 amide bonds. The molecule has 1 fully saturated rings. The summed E-state index contributed by atoms with van der Waals surface area (Å²) in [5.74, 6) is -0.233. The van der Waals surface area contributed by atoms with E-state index in [9.17, 15) is 9.59 Å². The number of hydrogen-bond donors (Lipinski definition) is 3. The molecule has 5 nitrogen and oxygen atoms in total. The van der Waals surface area contributed by atoms with Crippen LogP contribution in [0.5, 0.6) is 0 Å². The number of benzene rings is 1. The standard InChI is InChI=1S/C14H18ClN3O2.ClH/c1-9(19)17-12-6-5-10(8-11(12)15)18-14(20)13-4-2-3-7-16-13;/h5-6,8,13,16H,2-4,7H2,1H3,(H,17,19)(H,18,20);1H/t13-;/m1./s1. The summed E-state index contributed by atoms with van der Waals surface area (Å²) in [5, 5.41) is 9.04. The molecule has 21 heavy (non-hydrogen) atoms. The molecule has 1 aliphatic rings. The van der Waals surface area contributed by atoms with Gasteiger partial charge in [-0.25, -0.2) is 0 Å². The molecular weight excluding hydrogens is 313 g/mol. The molecule has 0 saturated carbocycles. The van der Waals surface area contributed by atoms with Gasteiger partial charge < -0.3 is 16.0 Å². The van der Waals surface area contributed by atoms with Gasteiger partial charge in [-0.1, -0.05) is 18.0 Å². The first-order valence-electron chi connectivity index (χ1n) is 6.67. The number of carbonyl (C=O) groups is 2. The Morgan fingerprint density at radius 2 is 2.05 bits per heavy atom. The summed E-state index contributed by atoms with van der Waals surface area (Å²) in [6, 6.07) is 4.89. The molecule has 1 aromatic rings. The van der Waals surface area contributed by atoms with Crippen LogP contribution in [0.4, 0.5) is 11.4 Å². The van der Waals surface area contributed by atoms with Crippen molar-refractivity contribution in [3.05, 3.63) is 23.2 Å². The lowest BCUT2D eigenvalue weighted by Gasteiger charge is -2.22. The maximum absolute atomic E-state index is 12.1. The molecule has 0 aliphatic carbocycles. The third-order valence-electron chi connectivity index (χ3n) is 3.17. The Balaban J connectivity index is 0.00000220. The van der Waals surface area contributed by atoms with E-state index in [-0.39, 0.29) is 30.3 Å². The maximum atomic E-state index is 12.1. The molecule has 1 heterocycles. The molecule has 1 atom stereocenters. The fourth-order valence-corrected chi connectivity index (χ4v) is 2.42. The molecule has 0 radical (unpaired) electrons. The molecule has 0 bridgehead atoms.